The lowest BCUT2D eigenvalue weighted by molar-refractivity contribution is 0.0933. The van der Waals surface area contributed by atoms with Gasteiger partial charge in [-0.3, -0.25) is 14.3 Å². The van der Waals surface area contributed by atoms with Crippen molar-refractivity contribution in [3.63, 3.8) is 0 Å². The lowest BCUT2D eigenvalue weighted by Crippen LogP contribution is -2.28. The first-order chi connectivity index (χ1) is 11.7. The molecular formula is C16H14N6OS. The first-order valence-corrected chi connectivity index (χ1v) is 8.30. The molecule has 0 radical (unpaired) electrons. The first kappa shape index (κ1) is 14.6. The van der Waals surface area contributed by atoms with Gasteiger partial charge in [-0.25, -0.2) is 0 Å². The zero-order valence-corrected chi connectivity index (χ0v) is 13.6. The molecule has 0 spiro atoms. The van der Waals surface area contributed by atoms with Crippen molar-refractivity contribution < 1.29 is 4.79 Å². The zero-order valence-electron chi connectivity index (χ0n) is 12.8. The van der Waals surface area contributed by atoms with Crippen LogP contribution in [-0.4, -0.2) is 30.7 Å². The Morgan fingerprint density at radius 1 is 1.29 bits per heavy atom. The molecule has 8 heteroatoms. The molecule has 4 heterocycles. The molecule has 0 aromatic carbocycles. The second-order valence-corrected chi connectivity index (χ2v) is 6.27. The SMILES string of the molecule is C[C@H](NC(=O)c1cc(-c2cccs2)[nH]n1)c1nnc2ccccn12. The van der Waals surface area contributed by atoms with Crippen molar-refractivity contribution in [3.8, 4) is 10.6 Å². The Hall–Kier alpha value is -3.00. The van der Waals surface area contributed by atoms with Crippen molar-refractivity contribution in [2.24, 2.45) is 0 Å². The number of hydrogen-bond acceptors (Lipinski definition) is 5. The number of aromatic nitrogens is 5. The predicted octanol–water partition coefficient (Wildman–Crippen LogP) is 2.67. The number of nitrogens with zero attached hydrogens (tertiary/aromatic N) is 4. The van der Waals surface area contributed by atoms with Crippen LogP contribution in [-0.2, 0) is 0 Å². The molecule has 0 aliphatic rings. The Kier molecular flexibility index (Phi) is 3.58. The Morgan fingerprint density at radius 3 is 3.04 bits per heavy atom. The van der Waals surface area contributed by atoms with Crippen molar-refractivity contribution in [1.29, 1.82) is 0 Å². The molecule has 0 saturated carbocycles. The monoisotopic (exact) mass is 338 g/mol. The molecule has 0 unspecified atom stereocenters. The summed E-state index contributed by atoms with van der Waals surface area (Å²) in [4.78, 5) is 13.5. The van der Waals surface area contributed by atoms with E-state index in [4.69, 9.17) is 0 Å². The molecule has 1 amide bonds. The molecule has 2 N–H and O–H groups in total. The number of amides is 1. The highest BCUT2D eigenvalue weighted by molar-refractivity contribution is 7.13. The standard InChI is InChI=1S/C16H14N6OS/c1-10(15-21-20-14-6-2-3-7-22(14)15)17-16(23)12-9-11(18-19-12)13-5-4-8-24-13/h2-10H,1H3,(H,17,23)(H,18,19)/t10-/m0/s1. The van der Waals surface area contributed by atoms with Gasteiger partial charge in [-0.05, 0) is 36.6 Å². The van der Waals surface area contributed by atoms with Gasteiger partial charge >= 0.3 is 0 Å². The Morgan fingerprint density at radius 2 is 2.21 bits per heavy atom. The first-order valence-electron chi connectivity index (χ1n) is 7.42. The van der Waals surface area contributed by atoms with E-state index >= 15 is 0 Å². The van der Waals surface area contributed by atoms with Crippen molar-refractivity contribution in [2.45, 2.75) is 13.0 Å². The van der Waals surface area contributed by atoms with E-state index in [0.29, 0.717) is 11.5 Å². The van der Waals surface area contributed by atoms with E-state index in [1.165, 1.54) is 0 Å². The number of H-pyrrole nitrogens is 1. The van der Waals surface area contributed by atoms with Crippen LogP contribution in [0.4, 0.5) is 0 Å². The van der Waals surface area contributed by atoms with Gasteiger partial charge in [0.15, 0.2) is 17.2 Å². The van der Waals surface area contributed by atoms with Crippen LogP contribution in [0.15, 0.2) is 48.0 Å². The van der Waals surface area contributed by atoms with Gasteiger partial charge < -0.3 is 5.32 Å². The number of thiophene rings is 1. The summed E-state index contributed by atoms with van der Waals surface area (Å²) in [6, 6.07) is 11.0. The van der Waals surface area contributed by atoms with Gasteiger partial charge in [0.25, 0.3) is 5.91 Å². The number of carbonyl (C=O) groups excluding carboxylic acids is 1. The van der Waals surface area contributed by atoms with E-state index in [1.807, 2.05) is 53.2 Å². The summed E-state index contributed by atoms with van der Waals surface area (Å²) in [5, 5.41) is 20.1. The minimum atomic E-state index is -0.295. The number of carbonyl (C=O) groups is 1. The fourth-order valence-electron chi connectivity index (χ4n) is 2.49. The van der Waals surface area contributed by atoms with Crippen LogP contribution in [0.1, 0.15) is 29.3 Å². The van der Waals surface area contributed by atoms with Gasteiger partial charge in [0.1, 0.15) is 0 Å². The van der Waals surface area contributed by atoms with Gasteiger partial charge in [-0.15, -0.1) is 21.5 Å². The summed E-state index contributed by atoms with van der Waals surface area (Å²) in [6.45, 7) is 1.87. The molecule has 4 aromatic heterocycles. The van der Waals surface area contributed by atoms with E-state index in [9.17, 15) is 4.79 Å². The second-order valence-electron chi connectivity index (χ2n) is 5.33. The summed E-state index contributed by atoms with van der Waals surface area (Å²) in [6.07, 6.45) is 1.87. The second kappa shape index (κ2) is 5.89. The minimum absolute atomic E-state index is 0.255. The van der Waals surface area contributed by atoms with Gasteiger partial charge in [-0.1, -0.05) is 12.1 Å². The molecule has 0 saturated heterocycles. The number of fused-ring (bicyclic) bond motifs is 1. The topological polar surface area (TPSA) is 88.0 Å². The third kappa shape index (κ3) is 2.56. The maximum atomic E-state index is 12.4. The van der Waals surface area contributed by atoms with Gasteiger partial charge in [-0.2, -0.15) is 5.10 Å². The maximum absolute atomic E-state index is 12.4. The molecule has 4 rings (SSSR count). The van der Waals surface area contributed by atoms with Crippen LogP contribution in [0.25, 0.3) is 16.2 Å². The summed E-state index contributed by atoms with van der Waals surface area (Å²) in [5.41, 5.74) is 1.92. The third-order valence-electron chi connectivity index (χ3n) is 3.67. The number of pyridine rings is 1. The maximum Gasteiger partial charge on any atom is 0.272 e. The third-order valence-corrected chi connectivity index (χ3v) is 4.58. The van der Waals surface area contributed by atoms with E-state index in [1.54, 1.807) is 17.4 Å². The van der Waals surface area contributed by atoms with Crippen LogP contribution in [0, 0.1) is 0 Å². The largest absolute Gasteiger partial charge is 0.341 e. The lowest BCUT2D eigenvalue weighted by Gasteiger charge is -2.11. The van der Waals surface area contributed by atoms with Crippen LogP contribution < -0.4 is 5.32 Å². The fraction of sp³-hybridized carbons (Fsp3) is 0.125. The van der Waals surface area contributed by atoms with Crippen molar-refractivity contribution in [1.82, 2.24) is 30.1 Å². The van der Waals surface area contributed by atoms with E-state index in [-0.39, 0.29) is 11.9 Å². The molecule has 24 heavy (non-hydrogen) atoms. The van der Waals surface area contributed by atoms with Crippen molar-refractivity contribution >= 4 is 22.9 Å². The summed E-state index contributed by atoms with van der Waals surface area (Å²) in [5.74, 6) is 0.419. The van der Waals surface area contributed by atoms with Gasteiger partial charge in [0.05, 0.1) is 16.6 Å². The van der Waals surface area contributed by atoms with Crippen molar-refractivity contribution in [3.05, 3.63) is 59.5 Å². The smallest absolute Gasteiger partial charge is 0.272 e. The molecule has 4 aromatic rings. The fourth-order valence-corrected chi connectivity index (χ4v) is 3.18. The van der Waals surface area contributed by atoms with Crippen molar-refractivity contribution in [2.75, 3.05) is 0 Å². The number of nitrogens with one attached hydrogen (secondary N) is 2. The Balaban J connectivity index is 1.53. The molecule has 120 valence electrons. The molecule has 0 aliphatic carbocycles. The van der Waals surface area contributed by atoms with E-state index < -0.39 is 0 Å². The summed E-state index contributed by atoms with van der Waals surface area (Å²) < 4.78 is 1.85. The van der Waals surface area contributed by atoms with Gasteiger partial charge in [0, 0.05) is 6.20 Å². The van der Waals surface area contributed by atoms with Crippen LogP contribution in [0.2, 0.25) is 0 Å². The average molecular weight is 338 g/mol. The Labute approximate surface area is 141 Å². The molecule has 0 fully saturated rings. The van der Waals surface area contributed by atoms with Crippen LogP contribution >= 0.6 is 11.3 Å². The minimum Gasteiger partial charge on any atom is -0.341 e. The highest BCUT2D eigenvalue weighted by atomic mass is 32.1. The Bertz CT molecular complexity index is 987. The van der Waals surface area contributed by atoms with Crippen LogP contribution in [0.5, 0.6) is 0 Å². The predicted molar refractivity (Wildman–Crippen MR) is 90.8 cm³/mol. The number of rotatable bonds is 4. The lowest BCUT2D eigenvalue weighted by atomic mass is 10.2. The molecular weight excluding hydrogens is 324 g/mol. The average Bonchev–Trinajstić information content (AvgIpc) is 3.33. The highest BCUT2D eigenvalue weighted by Crippen LogP contribution is 2.23. The number of aromatic amines is 1. The van der Waals surface area contributed by atoms with Crippen LogP contribution in [0.3, 0.4) is 0 Å². The summed E-state index contributed by atoms with van der Waals surface area (Å²) >= 11 is 1.59. The molecule has 0 aliphatic heterocycles. The molecule has 1 atom stereocenters. The normalized spacial score (nSPS) is 12.4. The zero-order chi connectivity index (χ0) is 16.5. The number of hydrogen-bond donors (Lipinski definition) is 2. The van der Waals surface area contributed by atoms with Gasteiger partial charge in [0.2, 0.25) is 0 Å². The highest BCUT2D eigenvalue weighted by Gasteiger charge is 2.18. The molecule has 0 bridgehead atoms. The molecule has 7 nitrogen and oxygen atoms in total. The summed E-state index contributed by atoms with van der Waals surface area (Å²) in [7, 11) is 0. The van der Waals surface area contributed by atoms with E-state index in [0.717, 1.165) is 16.2 Å². The quantitative estimate of drug-likeness (QED) is 0.599. The van der Waals surface area contributed by atoms with E-state index in [2.05, 4.69) is 25.7 Å².